The first-order chi connectivity index (χ1) is 11.8. The Hall–Kier alpha value is -2.53. The molecule has 1 aliphatic rings. The molecule has 4 nitrogen and oxygen atoms in total. The summed E-state index contributed by atoms with van der Waals surface area (Å²) >= 11 is 0. The monoisotopic (exact) mass is 323 g/mol. The Bertz CT molecular complexity index is 797. The predicted molar refractivity (Wildman–Crippen MR) is 88.4 cm³/mol. The van der Waals surface area contributed by atoms with Crippen LogP contribution in [0.3, 0.4) is 0 Å². The van der Waals surface area contributed by atoms with E-state index in [2.05, 4.69) is 39.3 Å². The van der Waals surface area contributed by atoms with Crippen molar-refractivity contribution >= 4 is 0 Å². The number of hydrogen-bond acceptors (Lipinski definition) is 4. The van der Waals surface area contributed by atoms with Crippen LogP contribution in [-0.2, 0) is 13.1 Å². The van der Waals surface area contributed by atoms with Gasteiger partial charge in [0, 0.05) is 18.2 Å². The normalized spacial score (nSPS) is 14.2. The summed E-state index contributed by atoms with van der Waals surface area (Å²) in [6.45, 7) is 1.51. The molecule has 0 atom stereocenters. The molecule has 122 valence electrons. The molecule has 0 amide bonds. The second kappa shape index (κ2) is 6.53. The van der Waals surface area contributed by atoms with Crippen molar-refractivity contribution in [3.63, 3.8) is 0 Å². The van der Waals surface area contributed by atoms with E-state index in [1.165, 1.54) is 30.5 Å². The van der Waals surface area contributed by atoms with E-state index in [0.717, 1.165) is 12.1 Å². The molecule has 0 aliphatic heterocycles. The van der Waals surface area contributed by atoms with Crippen molar-refractivity contribution in [3.8, 4) is 11.4 Å². The average molecular weight is 323 g/mol. The lowest BCUT2D eigenvalue weighted by Crippen LogP contribution is -2.25. The molecule has 3 aromatic rings. The molecule has 5 heteroatoms. The number of benzene rings is 2. The van der Waals surface area contributed by atoms with Crippen molar-refractivity contribution in [2.75, 3.05) is 0 Å². The van der Waals surface area contributed by atoms with Crippen LogP contribution in [0, 0.1) is 5.82 Å². The fourth-order valence-electron chi connectivity index (χ4n) is 2.78. The minimum absolute atomic E-state index is 0.273. The number of aromatic nitrogens is 2. The minimum atomic E-state index is -0.273. The van der Waals surface area contributed by atoms with E-state index in [-0.39, 0.29) is 5.82 Å². The highest BCUT2D eigenvalue weighted by atomic mass is 19.1. The minimum Gasteiger partial charge on any atom is -0.338 e. The summed E-state index contributed by atoms with van der Waals surface area (Å²) in [5.41, 5.74) is 2.04. The lowest BCUT2D eigenvalue weighted by molar-refractivity contribution is 0.209. The fourth-order valence-corrected chi connectivity index (χ4v) is 2.78. The van der Waals surface area contributed by atoms with Crippen LogP contribution < -0.4 is 0 Å². The second-order valence-electron chi connectivity index (χ2n) is 6.14. The molecule has 1 heterocycles. The van der Waals surface area contributed by atoms with Crippen molar-refractivity contribution in [2.45, 2.75) is 32.0 Å². The third-order valence-electron chi connectivity index (χ3n) is 4.20. The Labute approximate surface area is 139 Å². The van der Waals surface area contributed by atoms with E-state index < -0.39 is 0 Å². The highest BCUT2D eigenvalue weighted by molar-refractivity contribution is 5.53. The molecule has 0 bridgehead atoms. The van der Waals surface area contributed by atoms with E-state index in [4.69, 9.17) is 4.52 Å². The van der Waals surface area contributed by atoms with Crippen LogP contribution in [0.5, 0.6) is 0 Å². The van der Waals surface area contributed by atoms with Gasteiger partial charge in [-0.15, -0.1) is 0 Å². The van der Waals surface area contributed by atoms with Gasteiger partial charge < -0.3 is 4.52 Å². The maximum atomic E-state index is 13.0. The predicted octanol–water partition coefficient (Wildman–Crippen LogP) is 4.04. The molecule has 1 saturated carbocycles. The van der Waals surface area contributed by atoms with Gasteiger partial charge in [-0.25, -0.2) is 4.39 Å². The third kappa shape index (κ3) is 3.51. The first-order valence-corrected chi connectivity index (χ1v) is 8.14. The van der Waals surface area contributed by atoms with Gasteiger partial charge >= 0.3 is 0 Å². The quantitative estimate of drug-likeness (QED) is 0.686. The van der Waals surface area contributed by atoms with Crippen LogP contribution >= 0.6 is 0 Å². The Balaban J connectivity index is 1.48. The summed E-state index contributed by atoms with van der Waals surface area (Å²) in [4.78, 5) is 6.83. The molecule has 0 radical (unpaired) electrons. The van der Waals surface area contributed by atoms with Crippen LogP contribution in [0.15, 0.2) is 59.1 Å². The van der Waals surface area contributed by atoms with Gasteiger partial charge in [0.05, 0.1) is 6.54 Å². The number of rotatable bonds is 6. The molecule has 0 N–H and O–H groups in total. The highest BCUT2D eigenvalue weighted by Gasteiger charge is 2.30. The standard InChI is InChI=1S/C19H18FN3O/c20-16-8-6-15(7-9-16)19-21-18(24-22-19)13-23(17-10-11-17)12-14-4-2-1-3-5-14/h1-9,17H,10-13H2. The number of nitrogens with zero attached hydrogens (tertiary/aromatic N) is 3. The van der Waals surface area contributed by atoms with E-state index >= 15 is 0 Å². The molecule has 1 aromatic heterocycles. The fraction of sp³-hybridized carbons (Fsp3) is 0.263. The van der Waals surface area contributed by atoms with Gasteiger partial charge in [-0.05, 0) is 42.7 Å². The number of halogens is 1. The SMILES string of the molecule is Fc1ccc(-c2noc(CN(Cc3ccccc3)C3CC3)n2)cc1. The molecule has 1 fully saturated rings. The zero-order valence-corrected chi connectivity index (χ0v) is 13.2. The molecular weight excluding hydrogens is 305 g/mol. The summed E-state index contributed by atoms with van der Waals surface area (Å²) in [6.07, 6.45) is 2.43. The van der Waals surface area contributed by atoms with Gasteiger partial charge in [0.15, 0.2) is 0 Å². The maximum Gasteiger partial charge on any atom is 0.241 e. The third-order valence-corrected chi connectivity index (χ3v) is 4.20. The first kappa shape index (κ1) is 15.0. The second-order valence-corrected chi connectivity index (χ2v) is 6.14. The largest absolute Gasteiger partial charge is 0.338 e. The summed E-state index contributed by atoms with van der Waals surface area (Å²) in [5, 5.41) is 4.02. The van der Waals surface area contributed by atoms with Gasteiger partial charge in [0.25, 0.3) is 0 Å². The van der Waals surface area contributed by atoms with Crippen LogP contribution in [0.25, 0.3) is 11.4 Å². The molecule has 0 unspecified atom stereocenters. The number of hydrogen-bond donors (Lipinski definition) is 0. The topological polar surface area (TPSA) is 42.2 Å². The summed E-state index contributed by atoms with van der Waals surface area (Å²) in [6, 6.07) is 17.1. The molecule has 24 heavy (non-hydrogen) atoms. The smallest absolute Gasteiger partial charge is 0.241 e. The van der Waals surface area contributed by atoms with Crippen molar-refractivity contribution in [1.29, 1.82) is 0 Å². The summed E-state index contributed by atoms with van der Waals surface area (Å²) in [7, 11) is 0. The average Bonchev–Trinajstić information content (AvgIpc) is 3.36. The van der Waals surface area contributed by atoms with E-state index in [9.17, 15) is 4.39 Å². The maximum absolute atomic E-state index is 13.0. The van der Waals surface area contributed by atoms with Crippen LogP contribution in [-0.4, -0.2) is 21.1 Å². The zero-order valence-electron chi connectivity index (χ0n) is 13.2. The van der Waals surface area contributed by atoms with Crippen molar-refractivity contribution in [2.24, 2.45) is 0 Å². The molecule has 1 aliphatic carbocycles. The molecule has 2 aromatic carbocycles. The molecule has 4 rings (SSSR count). The van der Waals surface area contributed by atoms with Gasteiger partial charge in [-0.3, -0.25) is 4.90 Å². The van der Waals surface area contributed by atoms with Crippen molar-refractivity contribution in [1.82, 2.24) is 15.0 Å². The van der Waals surface area contributed by atoms with Crippen LogP contribution in [0.4, 0.5) is 4.39 Å². The van der Waals surface area contributed by atoms with Gasteiger partial charge in [0.1, 0.15) is 5.82 Å². The van der Waals surface area contributed by atoms with Crippen LogP contribution in [0.2, 0.25) is 0 Å². The molecular formula is C19H18FN3O. The van der Waals surface area contributed by atoms with Crippen LogP contribution in [0.1, 0.15) is 24.3 Å². The van der Waals surface area contributed by atoms with E-state index in [0.29, 0.717) is 24.3 Å². The first-order valence-electron chi connectivity index (χ1n) is 8.14. The summed E-state index contributed by atoms with van der Waals surface area (Å²) < 4.78 is 18.4. The lowest BCUT2D eigenvalue weighted by Gasteiger charge is -2.19. The Morgan fingerprint density at radius 1 is 1.00 bits per heavy atom. The van der Waals surface area contributed by atoms with Crippen molar-refractivity contribution in [3.05, 3.63) is 71.9 Å². The van der Waals surface area contributed by atoms with E-state index in [1.54, 1.807) is 12.1 Å². The molecule has 0 spiro atoms. The zero-order chi connectivity index (χ0) is 16.4. The Morgan fingerprint density at radius 3 is 2.46 bits per heavy atom. The lowest BCUT2D eigenvalue weighted by atomic mass is 10.2. The Morgan fingerprint density at radius 2 is 1.75 bits per heavy atom. The molecule has 0 saturated heterocycles. The summed E-state index contributed by atoms with van der Waals surface area (Å²) in [5.74, 6) is 0.822. The van der Waals surface area contributed by atoms with E-state index in [1.807, 2.05) is 6.07 Å². The highest BCUT2D eigenvalue weighted by Crippen LogP contribution is 2.30. The van der Waals surface area contributed by atoms with Gasteiger partial charge in [0.2, 0.25) is 11.7 Å². The van der Waals surface area contributed by atoms with Gasteiger partial charge in [-0.1, -0.05) is 35.5 Å². The van der Waals surface area contributed by atoms with Crippen molar-refractivity contribution < 1.29 is 8.91 Å². The Kier molecular flexibility index (Phi) is 4.09. The van der Waals surface area contributed by atoms with Gasteiger partial charge in [-0.2, -0.15) is 4.98 Å².